The lowest BCUT2D eigenvalue weighted by Gasteiger charge is -2.15. The summed E-state index contributed by atoms with van der Waals surface area (Å²) in [6, 6.07) is 12.2. The number of aryl methyl sites for hydroxylation is 2. The lowest BCUT2D eigenvalue weighted by Crippen LogP contribution is -2.34. The van der Waals surface area contributed by atoms with Crippen LogP contribution in [0.25, 0.3) is 11.0 Å². The molecule has 166 valence electrons. The highest BCUT2D eigenvalue weighted by Gasteiger charge is 2.16. The summed E-state index contributed by atoms with van der Waals surface area (Å²) in [6.45, 7) is 8.79. The maximum absolute atomic E-state index is 13.0. The van der Waals surface area contributed by atoms with Crippen molar-refractivity contribution < 1.29 is 4.79 Å². The molecule has 2 N–H and O–H groups in total. The van der Waals surface area contributed by atoms with Gasteiger partial charge in [-0.3, -0.25) is 14.2 Å². The first kappa shape index (κ1) is 23.1. The van der Waals surface area contributed by atoms with Crippen LogP contribution in [0.3, 0.4) is 0 Å². The van der Waals surface area contributed by atoms with E-state index in [1.54, 1.807) is 4.57 Å². The van der Waals surface area contributed by atoms with E-state index in [9.17, 15) is 9.59 Å². The second-order valence-electron chi connectivity index (χ2n) is 8.53. The van der Waals surface area contributed by atoms with Crippen LogP contribution in [0, 0.1) is 12.8 Å². The molecule has 2 heterocycles. The molecular formula is C24H32N4O2S. The lowest BCUT2D eigenvalue weighted by molar-refractivity contribution is -0.119. The van der Waals surface area contributed by atoms with E-state index in [1.165, 1.54) is 17.3 Å². The summed E-state index contributed by atoms with van der Waals surface area (Å²) in [5, 5.41) is 3.67. The smallest absolute Gasteiger partial charge is 0.278 e. The van der Waals surface area contributed by atoms with Gasteiger partial charge in [0.1, 0.15) is 5.52 Å². The predicted molar refractivity (Wildman–Crippen MR) is 128 cm³/mol. The van der Waals surface area contributed by atoms with Gasteiger partial charge >= 0.3 is 0 Å². The van der Waals surface area contributed by atoms with Crippen LogP contribution in [-0.4, -0.2) is 32.2 Å². The van der Waals surface area contributed by atoms with E-state index in [4.69, 9.17) is 0 Å². The van der Waals surface area contributed by atoms with Gasteiger partial charge in [0.2, 0.25) is 5.91 Å². The summed E-state index contributed by atoms with van der Waals surface area (Å²) in [5.41, 5.74) is 3.29. The molecule has 1 unspecified atom stereocenters. The summed E-state index contributed by atoms with van der Waals surface area (Å²) in [4.78, 5) is 33.3. The number of carbonyl (C=O) groups is 1. The second-order valence-corrected chi connectivity index (χ2v) is 9.47. The topological polar surface area (TPSA) is 79.8 Å². The van der Waals surface area contributed by atoms with Crippen LogP contribution >= 0.6 is 11.8 Å². The number of benzene rings is 1. The molecule has 7 heteroatoms. The largest absolute Gasteiger partial charge is 0.353 e. The fraction of sp³-hybridized carbons (Fsp3) is 0.458. The average molecular weight is 441 g/mol. The van der Waals surface area contributed by atoms with E-state index >= 15 is 0 Å². The monoisotopic (exact) mass is 440 g/mol. The van der Waals surface area contributed by atoms with E-state index in [0.717, 1.165) is 25.0 Å². The van der Waals surface area contributed by atoms with Crippen molar-refractivity contribution >= 4 is 28.7 Å². The Morgan fingerprint density at radius 1 is 1.19 bits per heavy atom. The molecule has 0 aliphatic rings. The molecule has 0 fully saturated rings. The van der Waals surface area contributed by atoms with Gasteiger partial charge in [-0.1, -0.05) is 55.9 Å². The van der Waals surface area contributed by atoms with Crippen LogP contribution in [-0.2, 0) is 17.8 Å². The molecule has 1 aromatic carbocycles. The van der Waals surface area contributed by atoms with Crippen molar-refractivity contribution in [2.24, 2.45) is 5.92 Å². The van der Waals surface area contributed by atoms with Crippen LogP contribution in [0.2, 0.25) is 0 Å². The third-order valence-corrected chi connectivity index (χ3v) is 6.19. The molecule has 1 amide bonds. The molecule has 2 aromatic heterocycles. The van der Waals surface area contributed by atoms with Gasteiger partial charge in [-0.15, -0.1) is 0 Å². The molecule has 3 aromatic rings. The number of aromatic nitrogens is 3. The Morgan fingerprint density at radius 3 is 2.65 bits per heavy atom. The van der Waals surface area contributed by atoms with Crippen molar-refractivity contribution in [2.45, 2.75) is 64.7 Å². The number of fused-ring (bicyclic) bond motifs is 1. The summed E-state index contributed by atoms with van der Waals surface area (Å²) < 4.78 is 1.70. The Balaban J connectivity index is 1.64. The van der Waals surface area contributed by atoms with Crippen molar-refractivity contribution in [3.05, 3.63) is 58.0 Å². The molecule has 0 aliphatic heterocycles. The third-order valence-electron chi connectivity index (χ3n) is 5.22. The lowest BCUT2D eigenvalue weighted by atomic mass is 10.1. The van der Waals surface area contributed by atoms with Crippen LogP contribution in [0.5, 0.6) is 0 Å². The van der Waals surface area contributed by atoms with Gasteiger partial charge in [0.25, 0.3) is 5.56 Å². The Bertz CT molecular complexity index is 1070. The zero-order valence-corrected chi connectivity index (χ0v) is 19.6. The Morgan fingerprint density at radius 2 is 1.94 bits per heavy atom. The normalized spacial score (nSPS) is 12.4. The first-order chi connectivity index (χ1) is 14.8. The van der Waals surface area contributed by atoms with Crippen LogP contribution in [0.4, 0.5) is 0 Å². The van der Waals surface area contributed by atoms with Crippen LogP contribution < -0.4 is 10.9 Å². The number of nitrogens with one attached hydrogen (secondary N) is 2. The highest BCUT2D eigenvalue weighted by molar-refractivity contribution is 7.99. The van der Waals surface area contributed by atoms with E-state index in [1.807, 2.05) is 38.1 Å². The molecule has 0 saturated heterocycles. The Labute approximate surface area is 187 Å². The zero-order chi connectivity index (χ0) is 22.4. The standard InChI is InChI=1S/C24H32N4O2S/c1-16(2)12-13-28-23(30)22-20(14-18(4)26-22)27-24(28)31-15-21(29)25-17(3)10-11-19-8-6-5-7-9-19/h5-9,14,16-17,26H,10-13,15H2,1-4H3,(H,25,29). The summed E-state index contributed by atoms with van der Waals surface area (Å²) >= 11 is 1.33. The number of carbonyl (C=O) groups excluding carboxylic acids is 1. The minimum absolute atomic E-state index is 0.0411. The summed E-state index contributed by atoms with van der Waals surface area (Å²) in [7, 11) is 0. The molecular weight excluding hydrogens is 408 g/mol. The summed E-state index contributed by atoms with van der Waals surface area (Å²) in [6.07, 6.45) is 2.69. The molecule has 0 aliphatic carbocycles. The summed E-state index contributed by atoms with van der Waals surface area (Å²) in [5.74, 6) is 0.666. The number of H-pyrrole nitrogens is 1. The van der Waals surface area contributed by atoms with Gasteiger partial charge < -0.3 is 10.3 Å². The van der Waals surface area contributed by atoms with Crippen molar-refractivity contribution in [3.63, 3.8) is 0 Å². The number of nitrogens with zero attached hydrogens (tertiary/aromatic N) is 2. The van der Waals surface area contributed by atoms with Crippen LogP contribution in [0.1, 0.15) is 44.9 Å². The van der Waals surface area contributed by atoms with E-state index < -0.39 is 0 Å². The fourth-order valence-electron chi connectivity index (χ4n) is 3.45. The third kappa shape index (κ3) is 6.47. The van der Waals surface area contributed by atoms with E-state index in [2.05, 4.69) is 41.3 Å². The van der Waals surface area contributed by atoms with Gasteiger partial charge in [0.05, 0.1) is 11.3 Å². The quantitative estimate of drug-likeness (QED) is 0.364. The molecule has 1 atom stereocenters. The first-order valence-electron chi connectivity index (χ1n) is 10.9. The molecule has 0 bridgehead atoms. The Hall–Kier alpha value is -2.54. The van der Waals surface area contributed by atoms with Gasteiger partial charge in [-0.25, -0.2) is 4.98 Å². The second kappa shape index (κ2) is 10.7. The highest BCUT2D eigenvalue weighted by atomic mass is 32.2. The number of thioether (sulfide) groups is 1. The highest BCUT2D eigenvalue weighted by Crippen LogP contribution is 2.19. The molecule has 6 nitrogen and oxygen atoms in total. The fourth-order valence-corrected chi connectivity index (χ4v) is 4.29. The van der Waals surface area contributed by atoms with Crippen molar-refractivity contribution in [1.29, 1.82) is 0 Å². The molecule has 0 spiro atoms. The van der Waals surface area contributed by atoms with E-state index in [-0.39, 0.29) is 23.3 Å². The van der Waals surface area contributed by atoms with E-state index in [0.29, 0.717) is 28.7 Å². The minimum atomic E-state index is -0.0714. The van der Waals surface area contributed by atoms with Gasteiger partial charge in [0, 0.05) is 18.3 Å². The van der Waals surface area contributed by atoms with Gasteiger partial charge in [-0.05, 0) is 50.7 Å². The van der Waals surface area contributed by atoms with Gasteiger partial charge in [-0.2, -0.15) is 0 Å². The number of hydrogen-bond acceptors (Lipinski definition) is 4. The minimum Gasteiger partial charge on any atom is -0.353 e. The number of amides is 1. The van der Waals surface area contributed by atoms with Gasteiger partial charge in [0.15, 0.2) is 5.16 Å². The molecule has 3 rings (SSSR count). The first-order valence-corrected chi connectivity index (χ1v) is 11.9. The zero-order valence-electron chi connectivity index (χ0n) is 18.8. The maximum Gasteiger partial charge on any atom is 0.278 e. The van der Waals surface area contributed by atoms with Crippen LogP contribution in [0.15, 0.2) is 46.3 Å². The average Bonchev–Trinajstić information content (AvgIpc) is 3.11. The van der Waals surface area contributed by atoms with Crippen molar-refractivity contribution in [3.8, 4) is 0 Å². The SMILES string of the molecule is Cc1cc2nc(SCC(=O)NC(C)CCc3ccccc3)n(CCC(C)C)c(=O)c2[nH]1. The van der Waals surface area contributed by atoms with Crippen molar-refractivity contribution in [2.75, 3.05) is 5.75 Å². The predicted octanol–water partition coefficient (Wildman–Crippen LogP) is 4.31. The molecule has 0 saturated carbocycles. The Kier molecular flexibility index (Phi) is 7.96. The molecule has 31 heavy (non-hydrogen) atoms. The molecule has 0 radical (unpaired) electrons. The number of aromatic amines is 1. The maximum atomic E-state index is 13.0. The number of rotatable bonds is 10. The van der Waals surface area contributed by atoms with Crippen molar-refractivity contribution in [1.82, 2.24) is 19.9 Å². The number of hydrogen-bond donors (Lipinski definition) is 2.